The van der Waals surface area contributed by atoms with Crippen molar-refractivity contribution >= 4 is 42.8 Å². The van der Waals surface area contributed by atoms with Gasteiger partial charge in [-0.1, -0.05) is 0 Å². The lowest BCUT2D eigenvalue weighted by Gasteiger charge is -2.22. The fourth-order valence-corrected chi connectivity index (χ4v) is 3.42. The van der Waals surface area contributed by atoms with Crippen LogP contribution in [-0.2, 0) is 6.42 Å². The zero-order valence-corrected chi connectivity index (χ0v) is 13.4. The van der Waals surface area contributed by atoms with Gasteiger partial charge in [0, 0.05) is 11.4 Å². The van der Waals surface area contributed by atoms with Crippen molar-refractivity contribution in [3.05, 3.63) is 26.8 Å². The molecule has 0 saturated heterocycles. The first-order chi connectivity index (χ1) is 8.58. The van der Waals surface area contributed by atoms with Crippen LogP contribution < -0.4 is 4.74 Å². The second kappa shape index (κ2) is 4.54. The van der Waals surface area contributed by atoms with E-state index in [1.54, 1.807) is 0 Å². The minimum atomic E-state index is 0.389. The molecule has 0 aliphatic carbocycles. The molecule has 96 valence electrons. The summed E-state index contributed by atoms with van der Waals surface area (Å²) in [6, 6.07) is 4.50. The highest BCUT2D eigenvalue weighted by atomic mass is 79.9. The Labute approximate surface area is 123 Å². The maximum absolute atomic E-state index is 6.01. The Morgan fingerprint density at radius 3 is 2.83 bits per heavy atom. The molecule has 0 amide bonds. The smallest absolute Gasteiger partial charge is 0.143 e. The average Bonchev–Trinajstić information content (AvgIpc) is 2.53. The number of benzene rings is 1. The molecule has 1 aromatic heterocycles. The predicted octanol–water partition coefficient (Wildman–Crippen LogP) is 3.56. The minimum Gasteiger partial charge on any atom is -0.490 e. The summed E-state index contributed by atoms with van der Waals surface area (Å²) in [5.74, 6) is 0.953. The summed E-state index contributed by atoms with van der Waals surface area (Å²) in [5, 5.41) is 1.20. The zero-order valence-electron chi connectivity index (χ0n) is 10.3. The third-order valence-electron chi connectivity index (χ3n) is 3.51. The summed E-state index contributed by atoms with van der Waals surface area (Å²) < 4.78 is 8.09. The van der Waals surface area contributed by atoms with E-state index in [1.807, 2.05) is 6.07 Å². The summed E-state index contributed by atoms with van der Waals surface area (Å²) in [4.78, 5) is 5.58. The number of halogens is 2. The van der Waals surface area contributed by atoms with Crippen LogP contribution in [0, 0.1) is 0 Å². The van der Waals surface area contributed by atoms with Crippen LogP contribution in [-0.4, -0.2) is 36.6 Å². The highest BCUT2D eigenvalue weighted by Gasteiger charge is 2.25. The Balaban J connectivity index is 2.23. The van der Waals surface area contributed by atoms with E-state index in [-0.39, 0.29) is 0 Å². The molecule has 2 heterocycles. The molecule has 0 fully saturated rings. The fourth-order valence-electron chi connectivity index (χ4n) is 2.40. The van der Waals surface area contributed by atoms with Crippen molar-refractivity contribution in [2.45, 2.75) is 12.5 Å². The van der Waals surface area contributed by atoms with Crippen molar-refractivity contribution in [1.29, 1.82) is 0 Å². The SMILES string of the molecule is CN(C)C1COc2c(Br)ccc3[nH]c(Br)c(c23)C1. The van der Waals surface area contributed by atoms with Gasteiger partial charge in [-0.2, -0.15) is 0 Å². The van der Waals surface area contributed by atoms with Crippen molar-refractivity contribution in [3.8, 4) is 5.75 Å². The highest BCUT2D eigenvalue weighted by Crippen LogP contribution is 2.41. The molecule has 3 rings (SSSR count). The molecule has 1 unspecified atom stereocenters. The first-order valence-corrected chi connectivity index (χ1v) is 7.44. The zero-order chi connectivity index (χ0) is 12.9. The lowest BCUT2D eigenvalue weighted by Crippen LogP contribution is -2.34. The topological polar surface area (TPSA) is 28.3 Å². The maximum atomic E-state index is 6.01. The second-order valence-corrected chi connectivity index (χ2v) is 6.50. The number of aromatic nitrogens is 1. The molecule has 18 heavy (non-hydrogen) atoms. The van der Waals surface area contributed by atoms with Gasteiger partial charge in [-0.25, -0.2) is 0 Å². The average molecular weight is 374 g/mol. The fraction of sp³-hybridized carbons (Fsp3) is 0.385. The molecule has 0 radical (unpaired) electrons. The van der Waals surface area contributed by atoms with Crippen molar-refractivity contribution in [3.63, 3.8) is 0 Å². The van der Waals surface area contributed by atoms with Crippen molar-refractivity contribution in [2.75, 3.05) is 20.7 Å². The number of hydrogen-bond acceptors (Lipinski definition) is 2. The monoisotopic (exact) mass is 372 g/mol. The van der Waals surface area contributed by atoms with E-state index >= 15 is 0 Å². The predicted molar refractivity (Wildman–Crippen MR) is 80.4 cm³/mol. The van der Waals surface area contributed by atoms with Crippen LogP contribution >= 0.6 is 31.9 Å². The third-order valence-corrected chi connectivity index (χ3v) is 4.81. The van der Waals surface area contributed by atoms with Gasteiger partial charge in [0.2, 0.25) is 0 Å². The van der Waals surface area contributed by atoms with Crippen LogP contribution in [0.25, 0.3) is 10.9 Å². The Morgan fingerprint density at radius 1 is 1.33 bits per heavy atom. The first-order valence-electron chi connectivity index (χ1n) is 5.85. The number of nitrogens with zero attached hydrogens (tertiary/aromatic N) is 1. The quantitative estimate of drug-likeness (QED) is 0.827. The van der Waals surface area contributed by atoms with Gasteiger partial charge >= 0.3 is 0 Å². The number of hydrogen-bond donors (Lipinski definition) is 1. The highest BCUT2D eigenvalue weighted by molar-refractivity contribution is 9.10. The number of aromatic amines is 1. The summed E-state index contributed by atoms with van der Waals surface area (Å²) >= 11 is 7.21. The number of likely N-dealkylation sites (N-methyl/N-ethyl adjacent to an activating group) is 1. The van der Waals surface area contributed by atoms with Gasteiger partial charge in [-0.15, -0.1) is 0 Å². The molecule has 0 saturated carbocycles. The molecule has 1 atom stereocenters. The normalized spacial score (nSPS) is 19.1. The molecule has 3 nitrogen and oxygen atoms in total. The largest absolute Gasteiger partial charge is 0.490 e. The van der Waals surface area contributed by atoms with Crippen LogP contribution in [0.15, 0.2) is 21.2 Å². The number of ether oxygens (including phenoxy) is 1. The molecule has 1 aliphatic heterocycles. The lowest BCUT2D eigenvalue weighted by atomic mass is 10.1. The standard InChI is InChI=1S/C13H14Br2N2O/c1-17(2)7-5-8-11-10(16-13(8)15)4-3-9(14)12(11)18-6-7/h3-4,7,16H,5-6H2,1-2H3. The van der Waals surface area contributed by atoms with Gasteiger partial charge in [-0.05, 0) is 70.1 Å². The number of rotatable bonds is 1. The van der Waals surface area contributed by atoms with E-state index in [0.29, 0.717) is 12.6 Å². The Morgan fingerprint density at radius 2 is 2.11 bits per heavy atom. The second-order valence-electron chi connectivity index (χ2n) is 4.85. The molecule has 0 spiro atoms. The molecule has 1 N–H and O–H groups in total. The van der Waals surface area contributed by atoms with E-state index in [0.717, 1.165) is 26.8 Å². The van der Waals surface area contributed by atoms with Gasteiger partial charge in [0.05, 0.1) is 14.6 Å². The summed E-state index contributed by atoms with van der Waals surface area (Å²) in [7, 11) is 4.19. The van der Waals surface area contributed by atoms with Gasteiger partial charge in [-0.3, -0.25) is 0 Å². The van der Waals surface area contributed by atoms with Gasteiger partial charge in [0.15, 0.2) is 0 Å². The molecule has 0 bridgehead atoms. The first kappa shape index (κ1) is 12.5. The Hall–Kier alpha value is -0.520. The maximum Gasteiger partial charge on any atom is 0.143 e. The molecule has 1 aromatic carbocycles. The summed E-state index contributed by atoms with van der Waals surface area (Å²) in [6.07, 6.45) is 0.983. The van der Waals surface area contributed by atoms with E-state index < -0.39 is 0 Å². The van der Waals surface area contributed by atoms with E-state index in [9.17, 15) is 0 Å². The van der Waals surface area contributed by atoms with Crippen LogP contribution in [0.5, 0.6) is 5.75 Å². The van der Waals surface area contributed by atoms with Crippen LogP contribution in [0.2, 0.25) is 0 Å². The molecule has 5 heteroatoms. The molecular weight excluding hydrogens is 360 g/mol. The van der Waals surface area contributed by atoms with Crippen LogP contribution in [0.3, 0.4) is 0 Å². The molecular formula is C13H14Br2N2O. The molecule has 2 aromatic rings. The Bertz CT molecular complexity index is 607. The Kier molecular flexibility index (Phi) is 3.16. The van der Waals surface area contributed by atoms with Crippen LogP contribution in [0.1, 0.15) is 5.56 Å². The van der Waals surface area contributed by atoms with Crippen molar-refractivity contribution < 1.29 is 4.74 Å². The summed E-state index contributed by atoms with van der Waals surface area (Å²) in [6.45, 7) is 0.714. The third kappa shape index (κ3) is 1.89. The minimum absolute atomic E-state index is 0.389. The van der Waals surface area contributed by atoms with E-state index in [2.05, 4.69) is 61.9 Å². The molecule has 1 aliphatic rings. The number of H-pyrrole nitrogens is 1. The summed E-state index contributed by atoms with van der Waals surface area (Å²) in [5.41, 5.74) is 2.42. The van der Waals surface area contributed by atoms with Crippen molar-refractivity contribution in [1.82, 2.24) is 9.88 Å². The number of nitrogens with one attached hydrogen (secondary N) is 1. The van der Waals surface area contributed by atoms with Gasteiger partial charge in [0.1, 0.15) is 12.4 Å². The van der Waals surface area contributed by atoms with Crippen molar-refractivity contribution in [2.24, 2.45) is 0 Å². The van der Waals surface area contributed by atoms with Gasteiger partial charge < -0.3 is 14.6 Å². The lowest BCUT2D eigenvalue weighted by molar-refractivity contribution is 0.189. The van der Waals surface area contributed by atoms with E-state index in [4.69, 9.17) is 4.74 Å². The van der Waals surface area contributed by atoms with Crippen LogP contribution in [0.4, 0.5) is 0 Å². The van der Waals surface area contributed by atoms with E-state index in [1.165, 1.54) is 10.9 Å². The van der Waals surface area contributed by atoms with Gasteiger partial charge in [0.25, 0.3) is 0 Å².